The van der Waals surface area contributed by atoms with Gasteiger partial charge in [0.15, 0.2) is 0 Å². The van der Waals surface area contributed by atoms with E-state index in [2.05, 4.69) is 12.1 Å². The van der Waals surface area contributed by atoms with Gasteiger partial charge >= 0.3 is 0 Å². The number of nitrogens with zero attached hydrogens (tertiary/aromatic N) is 1. The van der Waals surface area contributed by atoms with Gasteiger partial charge in [0.25, 0.3) is 0 Å². The van der Waals surface area contributed by atoms with Crippen LogP contribution in [0.15, 0.2) is 5.16 Å². The zero-order chi connectivity index (χ0) is 4.83. The van der Waals surface area contributed by atoms with Gasteiger partial charge in [-0.2, -0.15) is 0 Å². The molecule has 0 amide bonds. The quantitative estimate of drug-likeness (QED) is 0.304. The molecule has 0 unspecified atom stereocenters. The molecule has 0 heterocycles. The van der Waals surface area contributed by atoms with E-state index in [4.69, 9.17) is 5.21 Å². The zero-order valence-electron chi connectivity index (χ0n) is 3.59. The Labute approximate surface area is 37.5 Å². The van der Waals surface area contributed by atoms with Crippen LogP contribution < -0.4 is 0 Å². The standard InChI is InChI=1S/C4H8NO/c1-2-3-4-5-6/h4,6H,1-3H2. The van der Waals surface area contributed by atoms with Gasteiger partial charge in [-0.25, -0.2) is 0 Å². The molecule has 0 aromatic carbocycles. The first kappa shape index (κ1) is 5.47. The average molecular weight is 86.1 g/mol. The minimum atomic E-state index is 0.760. The molecule has 0 aliphatic heterocycles. The van der Waals surface area contributed by atoms with Crippen LogP contribution in [0.4, 0.5) is 0 Å². The molecule has 0 rings (SSSR count). The summed E-state index contributed by atoms with van der Waals surface area (Å²) in [5.41, 5.74) is 0. The summed E-state index contributed by atoms with van der Waals surface area (Å²) in [6.07, 6.45) is 2.98. The molecule has 1 N–H and O–H groups in total. The summed E-state index contributed by atoms with van der Waals surface area (Å²) in [6, 6.07) is 0. The summed E-state index contributed by atoms with van der Waals surface area (Å²) >= 11 is 0. The van der Waals surface area contributed by atoms with Crippen LogP contribution in [0.25, 0.3) is 0 Å². The third-order valence-corrected chi connectivity index (χ3v) is 0.415. The SMILES string of the molecule is [CH2]CCC=NO. The molecule has 1 radical (unpaired) electrons. The van der Waals surface area contributed by atoms with E-state index in [0.29, 0.717) is 0 Å². The van der Waals surface area contributed by atoms with Crippen molar-refractivity contribution < 1.29 is 5.21 Å². The van der Waals surface area contributed by atoms with E-state index < -0.39 is 0 Å². The van der Waals surface area contributed by atoms with E-state index in [1.165, 1.54) is 6.21 Å². The first-order valence-electron chi connectivity index (χ1n) is 1.87. The van der Waals surface area contributed by atoms with Crippen molar-refractivity contribution in [2.75, 3.05) is 0 Å². The highest BCUT2D eigenvalue weighted by atomic mass is 16.4. The topological polar surface area (TPSA) is 32.6 Å². The first-order valence-corrected chi connectivity index (χ1v) is 1.87. The molecule has 0 atom stereocenters. The molecule has 6 heavy (non-hydrogen) atoms. The summed E-state index contributed by atoms with van der Waals surface area (Å²) in [4.78, 5) is 0. The number of oxime groups is 1. The Kier molecular flexibility index (Phi) is 4.08. The van der Waals surface area contributed by atoms with Crippen LogP contribution in [0, 0.1) is 6.92 Å². The Morgan fingerprint density at radius 1 is 1.83 bits per heavy atom. The van der Waals surface area contributed by atoms with E-state index in [0.717, 1.165) is 12.8 Å². The van der Waals surface area contributed by atoms with Crippen molar-refractivity contribution in [1.82, 2.24) is 0 Å². The molecule has 0 fully saturated rings. The van der Waals surface area contributed by atoms with Crippen molar-refractivity contribution in [1.29, 1.82) is 0 Å². The number of unbranched alkanes of at least 4 members (excludes halogenated alkanes) is 1. The molecule has 0 aromatic heterocycles. The molecule has 0 bridgehead atoms. The molecule has 0 saturated heterocycles. The lowest BCUT2D eigenvalue weighted by Crippen LogP contribution is -1.68. The summed E-state index contributed by atoms with van der Waals surface area (Å²) in [7, 11) is 0. The van der Waals surface area contributed by atoms with Crippen LogP contribution in [-0.2, 0) is 0 Å². The fourth-order valence-electron chi connectivity index (χ4n) is 0.149. The van der Waals surface area contributed by atoms with E-state index >= 15 is 0 Å². The second kappa shape index (κ2) is 4.47. The van der Waals surface area contributed by atoms with Crippen LogP contribution >= 0.6 is 0 Å². The van der Waals surface area contributed by atoms with E-state index in [1.807, 2.05) is 0 Å². The van der Waals surface area contributed by atoms with Gasteiger partial charge in [0.1, 0.15) is 0 Å². The maximum absolute atomic E-state index is 7.74. The molecule has 0 spiro atoms. The lowest BCUT2D eigenvalue weighted by atomic mass is 10.4. The highest BCUT2D eigenvalue weighted by Gasteiger charge is 1.67. The normalized spacial score (nSPS) is 10.2. The van der Waals surface area contributed by atoms with Crippen molar-refractivity contribution in [3.05, 3.63) is 6.92 Å². The minimum Gasteiger partial charge on any atom is -0.411 e. The van der Waals surface area contributed by atoms with Crippen molar-refractivity contribution in [3.8, 4) is 0 Å². The fourth-order valence-corrected chi connectivity index (χ4v) is 0.149. The van der Waals surface area contributed by atoms with Crippen molar-refractivity contribution >= 4 is 6.21 Å². The predicted molar refractivity (Wildman–Crippen MR) is 24.9 cm³/mol. The largest absolute Gasteiger partial charge is 0.411 e. The molecule has 0 aliphatic rings. The number of rotatable bonds is 2. The van der Waals surface area contributed by atoms with Crippen LogP contribution in [-0.4, -0.2) is 11.4 Å². The number of hydrogen-bond donors (Lipinski definition) is 1. The van der Waals surface area contributed by atoms with Crippen LogP contribution in [0.5, 0.6) is 0 Å². The first-order chi connectivity index (χ1) is 2.91. The molecule has 2 nitrogen and oxygen atoms in total. The second-order valence-corrected chi connectivity index (χ2v) is 0.940. The van der Waals surface area contributed by atoms with Gasteiger partial charge in [-0.15, -0.1) is 5.16 Å². The Bertz CT molecular complexity index is 42.8. The van der Waals surface area contributed by atoms with Gasteiger partial charge in [-0.05, 0) is 12.8 Å². The third kappa shape index (κ3) is 3.47. The van der Waals surface area contributed by atoms with Gasteiger partial charge in [-0.1, -0.05) is 6.92 Å². The Hall–Kier alpha value is -0.530. The van der Waals surface area contributed by atoms with Gasteiger partial charge in [-0.3, -0.25) is 0 Å². The Morgan fingerprint density at radius 3 is 2.67 bits per heavy atom. The molecule has 0 aliphatic carbocycles. The summed E-state index contributed by atoms with van der Waals surface area (Å²) in [5.74, 6) is 0. The summed E-state index contributed by atoms with van der Waals surface area (Å²) < 4.78 is 0. The van der Waals surface area contributed by atoms with E-state index in [1.54, 1.807) is 0 Å². The van der Waals surface area contributed by atoms with Crippen LogP contribution in [0.3, 0.4) is 0 Å². The predicted octanol–water partition coefficient (Wildman–Crippen LogP) is 1.06. The molecule has 0 saturated carbocycles. The molecular formula is C4H8NO. The van der Waals surface area contributed by atoms with Crippen molar-refractivity contribution in [3.63, 3.8) is 0 Å². The van der Waals surface area contributed by atoms with Crippen molar-refractivity contribution in [2.24, 2.45) is 5.16 Å². The zero-order valence-corrected chi connectivity index (χ0v) is 3.59. The molecule has 2 heteroatoms. The highest BCUT2D eigenvalue weighted by molar-refractivity contribution is 5.55. The lowest BCUT2D eigenvalue weighted by Gasteiger charge is -1.74. The third-order valence-electron chi connectivity index (χ3n) is 0.415. The van der Waals surface area contributed by atoms with Gasteiger partial charge in [0, 0.05) is 6.21 Å². The smallest absolute Gasteiger partial charge is 0.0435 e. The van der Waals surface area contributed by atoms with Crippen LogP contribution in [0.2, 0.25) is 0 Å². The minimum absolute atomic E-state index is 0.760. The molecule has 0 aromatic rings. The summed E-state index contributed by atoms with van der Waals surface area (Å²) in [6.45, 7) is 3.52. The Balaban J connectivity index is 2.66. The van der Waals surface area contributed by atoms with Gasteiger partial charge < -0.3 is 5.21 Å². The van der Waals surface area contributed by atoms with Crippen LogP contribution in [0.1, 0.15) is 12.8 Å². The van der Waals surface area contributed by atoms with Crippen molar-refractivity contribution in [2.45, 2.75) is 12.8 Å². The monoisotopic (exact) mass is 86.1 g/mol. The van der Waals surface area contributed by atoms with E-state index in [-0.39, 0.29) is 0 Å². The fraction of sp³-hybridized carbons (Fsp3) is 0.500. The maximum atomic E-state index is 7.74. The van der Waals surface area contributed by atoms with E-state index in [9.17, 15) is 0 Å². The van der Waals surface area contributed by atoms with Gasteiger partial charge in [0.05, 0.1) is 0 Å². The molecule has 35 valence electrons. The second-order valence-electron chi connectivity index (χ2n) is 0.940. The molecular weight excluding hydrogens is 78.0 g/mol. The Morgan fingerprint density at radius 2 is 2.50 bits per heavy atom. The maximum Gasteiger partial charge on any atom is 0.0435 e. The summed E-state index contributed by atoms with van der Waals surface area (Å²) in [5, 5.41) is 10.5. The average Bonchev–Trinajstić information content (AvgIpc) is 1.61. The number of hydrogen-bond acceptors (Lipinski definition) is 2. The van der Waals surface area contributed by atoms with Gasteiger partial charge in [0.2, 0.25) is 0 Å². The highest BCUT2D eigenvalue weighted by Crippen LogP contribution is 1.76. The lowest BCUT2D eigenvalue weighted by molar-refractivity contribution is 0.320.